The number of hydrogen-bond acceptors (Lipinski definition) is 7. The fourth-order valence-electron chi connectivity index (χ4n) is 3.40. The van der Waals surface area contributed by atoms with Gasteiger partial charge in [-0.15, -0.1) is 10.2 Å². The second-order valence-electron chi connectivity index (χ2n) is 7.71. The van der Waals surface area contributed by atoms with Crippen molar-refractivity contribution in [2.45, 2.75) is 25.2 Å². The molecular formula is C27H27N5O3S. The van der Waals surface area contributed by atoms with Crippen LogP contribution in [0.5, 0.6) is 11.5 Å². The highest BCUT2D eigenvalue weighted by Gasteiger charge is 2.14. The maximum Gasteiger partial charge on any atom is 0.250 e. The van der Waals surface area contributed by atoms with Gasteiger partial charge in [0.05, 0.1) is 19.1 Å². The Labute approximate surface area is 214 Å². The van der Waals surface area contributed by atoms with Crippen molar-refractivity contribution in [1.29, 1.82) is 0 Å². The van der Waals surface area contributed by atoms with Gasteiger partial charge >= 0.3 is 0 Å². The summed E-state index contributed by atoms with van der Waals surface area (Å²) < 4.78 is 13.0. The minimum atomic E-state index is -0.232. The standard InChI is InChI=1S/C27H27N5O3S/c1-3-32-26(22-12-14-23(34-2)15-13-22)30-31-27(32)36-19-25(33)29-28-17-21-10-7-11-24(16-21)35-18-20-8-5-4-6-9-20/h4-17H,3,18-19H2,1-2H3,(H,29,33)/b28-17-. The lowest BCUT2D eigenvalue weighted by Gasteiger charge is -2.08. The Morgan fingerprint density at radius 2 is 1.83 bits per heavy atom. The van der Waals surface area contributed by atoms with Gasteiger partial charge in [0.15, 0.2) is 11.0 Å². The molecule has 0 bridgehead atoms. The Morgan fingerprint density at radius 3 is 2.58 bits per heavy atom. The molecule has 3 aromatic carbocycles. The summed E-state index contributed by atoms with van der Waals surface area (Å²) in [4.78, 5) is 12.3. The van der Waals surface area contributed by atoms with E-state index in [4.69, 9.17) is 9.47 Å². The van der Waals surface area contributed by atoms with Gasteiger partial charge in [-0.2, -0.15) is 5.10 Å². The smallest absolute Gasteiger partial charge is 0.250 e. The van der Waals surface area contributed by atoms with Crippen molar-refractivity contribution in [3.8, 4) is 22.9 Å². The Hall–Kier alpha value is -4.11. The number of carbonyl (C=O) groups is 1. The number of methoxy groups -OCH3 is 1. The zero-order chi connectivity index (χ0) is 25.2. The van der Waals surface area contributed by atoms with Crippen LogP contribution in [0.3, 0.4) is 0 Å². The predicted octanol–water partition coefficient (Wildman–Crippen LogP) is 4.80. The third-order valence-corrected chi connectivity index (χ3v) is 6.19. The molecule has 0 unspecified atom stereocenters. The van der Waals surface area contributed by atoms with Crippen LogP contribution in [0.4, 0.5) is 0 Å². The van der Waals surface area contributed by atoms with E-state index >= 15 is 0 Å². The molecule has 0 saturated heterocycles. The summed E-state index contributed by atoms with van der Waals surface area (Å²) >= 11 is 1.31. The van der Waals surface area contributed by atoms with Gasteiger partial charge in [-0.05, 0) is 54.4 Å². The summed E-state index contributed by atoms with van der Waals surface area (Å²) in [7, 11) is 1.63. The molecule has 9 heteroatoms. The third-order valence-electron chi connectivity index (χ3n) is 5.22. The molecule has 1 aromatic heterocycles. The van der Waals surface area contributed by atoms with E-state index in [2.05, 4.69) is 20.7 Å². The summed E-state index contributed by atoms with van der Waals surface area (Å²) in [6.07, 6.45) is 1.59. The summed E-state index contributed by atoms with van der Waals surface area (Å²) in [5, 5.41) is 13.3. The number of nitrogens with one attached hydrogen (secondary N) is 1. The average molecular weight is 502 g/mol. The van der Waals surface area contributed by atoms with Gasteiger partial charge in [-0.1, -0.05) is 54.2 Å². The monoisotopic (exact) mass is 501 g/mol. The van der Waals surface area contributed by atoms with Crippen LogP contribution in [-0.4, -0.2) is 39.7 Å². The van der Waals surface area contributed by atoms with Crippen LogP contribution in [0, 0.1) is 0 Å². The van der Waals surface area contributed by atoms with E-state index < -0.39 is 0 Å². The number of aromatic nitrogens is 3. The molecule has 0 spiro atoms. The normalized spacial score (nSPS) is 10.9. The molecule has 4 aromatic rings. The van der Waals surface area contributed by atoms with Gasteiger partial charge in [0, 0.05) is 12.1 Å². The average Bonchev–Trinajstić information content (AvgIpc) is 3.34. The zero-order valence-corrected chi connectivity index (χ0v) is 20.9. The van der Waals surface area contributed by atoms with E-state index in [1.165, 1.54) is 11.8 Å². The molecule has 184 valence electrons. The van der Waals surface area contributed by atoms with Crippen LogP contribution >= 0.6 is 11.8 Å². The first-order chi connectivity index (χ1) is 17.7. The van der Waals surface area contributed by atoms with Crippen molar-refractivity contribution in [2.24, 2.45) is 5.10 Å². The van der Waals surface area contributed by atoms with Gasteiger partial charge in [-0.25, -0.2) is 5.43 Å². The number of hydrogen-bond donors (Lipinski definition) is 1. The van der Waals surface area contributed by atoms with Crippen molar-refractivity contribution in [1.82, 2.24) is 20.2 Å². The fraction of sp³-hybridized carbons (Fsp3) is 0.185. The largest absolute Gasteiger partial charge is 0.497 e. The molecule has 1 N–H and O–H groups in total. The number of ether oxygens (including phenoxy) is 2. The molecule has 36 heavy (non-hydrogen) atoms. The summed E-state index contributed by atoms with van der Waals surface area (Å²) in [6.45, 7) is 3.18. The summed E-state index contributed by atoms with van der Waals surface area (Å²) in [5.41, 5.74) is 5.41. The van der Waals surface area contributed by atoms with Gasteiger partial charge in [0.1, 0.15) is 18.1 Å². The van der Waals surface area contributed by atoms with E-state index in [0.717, 1.165) is 34.0 Å². The van der Waals surface area contributed by atoms with E-state index in [1.54, 1.807) is 13.3 Å². The van der Waals surface area contributed by atoms with Crippen LogP contribution in [0.1, 0.15) is 18.1 Å². The molecule has 0 fully saturated rings. The van der Waals surface area contributed by atoms with Crippen LogP contribution < -0.4 is 14.9 Å². The number of benzene rings is 3. The molecule has 8 nitrogen and oxygen atoms in total. The fourth-order valence-corrected chi connectivity index (χ4v) is 4.20. The maximum absolute atomic E-state index is 12.3. The number of carbonyl (C=O) groups excluding carboxylic acids is 1. The Bertz CT molecular complexity index is 1310. The van der Waals surface area contributed by atoms with E-state index in [9.17, 15) is 4.79 Å². The Balaban J connectivity index is 1.29. The van der Waals surface area contributed by atoms with Crippen LogP contribution in [-0.2, 0) is 17.9 Å². The SMILES string of the molecule is CCn1c(SCC(=O)N/N=C\c2cccc(OCc3ccccc3)c2)nnc1-c1ccc(OC)cc1. The van der Waals surface area contributed by atoms with E-state index in [1.807, 2.05) is 90.4 Å². The minimum absolute atomic E-state index is 0.165. The molecular weight excluding hydrogens is 474 g/mol. The highest BCUT2D eigenvalue weighted by Crippen LogP contribution is 2.25. The van der Waals surface area contributed by atoms with Crippen molar-refractivity contribution < 1.29 is 14.3 Å². The van der Waals surface area contributed by atoms with Crippen LogP contribution in [0.15, 0.2) is 89.1 Å². The first-order valence-electron chi connectivity index (χ1n) is 11.5. The number of nitrogens with zero attached hydrogens (tertiary/aromatic N) is 4. The van der Waals surface area contributed by atoms with Crippen molar-refractivity contribution >= 4 is 23.9 Å². The zero-order valence-electron chi connectivity index (χ0n) is 20.1. The molecule has 0 radical (unpaired) electrons. The highest BCUT2D eigenvalue weighted by atomic mass is 32.2. The molecule has 0 aliphatic rings. The molecule has 0 aliphatic carbocycles. The Kier molecular flexibility index (Phi) is 8.72. The maximum atomic E-state index is 12.3. The summed E-state index contributed by atoms with van der Waals surface area (Å²) in [5.74, 6) is 2.19. The van der Waals surface area contributed by atoms with Crippen molar-refractivity contribution in [2.75, 3.05) is 12.9 Å². The van der Waals surface area contributed by atoms with Gasteiger partial charge in [0.25, 0.3) is 5.91 Å². The molecule has 0 atom stereocenters. The molecule has 1 amide bonds. The van der Waals surface area contributed by atoms with Crippen molar-refractivity contribution in [3.63, 3.8) is 0 Å². The lowest BCUT2D eigenvalue weighted by Crippen LogP contribution is -2.20. The molecule has 1 heterocycles. The quantitative estimate of drug-likeness (QED) is 0.180. The number of amides is 1. The van der Waals surface area contributed by atoms with Crippen LogP contribution in [0.25, 0.3) is 11.4 Å². The first-order valence-corrected chi connectivity index (χ1v) is 12.4. The highest BCUT2D eigenvalue weighted by molar-refractivity contribution is 7.99. The summed E-state index contributed by atoms with van der Waals surface area (Å²) in [6, 6.07) is 25.1. The lowest BCUT2D eigenvalue weighted by molar-refractivity contribution is -0.118. The first kappa shape index (κ1) is 25.0. The van der Waals surface area contributed by atoms with Crippen LogP contribution in [0.2, 0.25) is 0 Å². The Morgan fingerprint density at radius 1 is 1.03 bits per heavy atom. The number of thioether (sulfide) groups is 1. The number of hydrazone groups is 1. The minimum Gasteiger partial charge on any atom is -0.497 e. The second-order valence-corrected chi connectivity index (χ2v) is 8.65. The topological polar surface area (TPSA) is 90.6 Å². The van der Waals surface area contributed by atoms with E-state index in [-0.39, 0.29) is 11.7 Å². The second kappa shape index (κ2) is 12.6. The van der Waals surface area contributed by atoms with Gasteiger partial charge < -0.3 is 14.0 Å². The predicted molar refractivity (Wildman–Crippen MR) is 141 cm³/mol. The molecule has 0 saturated carbocycles. The van der Waals surface area contributed by atoms with Gasteiger partial charge in [-0.3, -0.25) is 4.79 Å². The lowest BCUT2D eigenvalue weighted by atomic mass is 10.2. The molecule has 4 rings (SSSR count). The number of rotatable bonds is 11. The van der Waals surface area contributed by atoms with Crippen molar-refractivity contribution in [3.05, 3.63) is 90.0 Å². The van der Waals surface area contributed by atoms with E-state index in [0.29, 0.717) is 18.3 Å². The van der Waals surface area contributed by atoms with Gasteiger partial charge in [0.2, 0.25) is 0 Å². The molecule has 0 aliphatic heterocycles. The third kappa shape index (κ3) is 6.73.